The predicted molar refractivity (Wildman–Crippen MR) is 79.6 cm³/mol. The van der Waals surface area contributed by atoms with E-state index in [1.807, 2.05) is 36.4 Å². The van der Waals surface area contributed by atoms with Gasteiger partial charge in [0.1, 0.15) is 0 Å². The molecule has 1 aromatic heterocycles. The first-order valence-corrected chi connectivity index (χ1v) is 7.24. The second-order valence-corrected chi connectivity index (χ2v) is 5.93. The third-order valence-electron chi connectivity index (χ3n) is 2.81. The van der Waals surface area contributed by atoms with E-state index in [1.165, 1.54) is 0 Å². The maximum Gasteiger partial charge on any atom is 0.0503 e. The average molecular weight is 371 g/mol. The van der Waals surface area contributed by atoms with Crippen LogP contribution in [0.3, 0.4) is 0 Å². The molecule has 2 rings (SSSR count). The van der Waals surface area contributed by atoms with E-state index in [4.69, 9.17) is 0 Å². The van der Waals surface area contributed by atoms with Crippen LogP contribution in [0.4, 0.5) is 0 Å². The Kier molecular flexibility index (Phi) is 4.92. The minimum Gasteiger partial charge on any atom is -0.396 e. The third-order valence-corrected chi connectivity index (χ3v) is 3.80. The van der Waals surface area contributed by atoms with Gasteiger partial charge in [-0.25, -0.2) is 0 Å². The highest BCUT2D eigenvalue weighted by atomic mass is 79.9. The largest absolute Gasteiger partial charge is 0.396 e. The quantitative estimate of drug-likeness (QED) is 0.884. The van der Waals surface area contributed by atoms with Crippen LogP contribution in [0.25, 0.3) is 0 Å². The molecule has 18 heavy (non-hydrogen) atoms. The molecule has 0 radical (unpaired) electrons. The fraction of sp³-hybridized carbons (Fsp3) is 0.214. The van der Waals surface area contributed by atoms with Gasteiger partial charge in [-0.15, -0.1) is 0 Å². The predicted octanol–water partition coefficient (Wildman–Crippen LogP) is 3.93. The van der Waals surface area contributed by atoms with Gasteiger partial charge in [-0.3, -0.25) is 4.98 Å². The SMILES string of the molecule is OCC(Cc1ccc(Br)cn1)c1ccc(Br)cc1. The summed E-state index contributed by atoms with van der Waals surface area (Å²) in [5.41, 5.74) is 2.12. The van der Waals surface area contributed by atoms with Crippen molar-refractivity contribution in [3.8, 4) is 0 Å². The summed E-state index contributed by atoms with van der Waals surface area (Å²) in [4.78, 5) is 4.34. The lowest BCUT2D eigenvalue weighted by Gasteiger charge is -2.14. The number of halogens is 2. The number of pyridine rings is 1. The fourth-order valence-electron chi connectivity index (χ4n) is 1.80. The molecule has 1 N–H and O–H groups in total. The molecular weight excluding hydrogens is 358 g/mol. The van der Waals surface area contributed by atoms with Crippen molar-refractivity contribution in [2.24, 2.45) is 0 Å². The smallest absolute Gasteiger partial charge is 0.0503 e. The van der Waals surface area contributed by atoms with E-state index in [-0.39, 0.29) is 12.5 Å². The van der Waals surface area contributed by atoms with Gasteiger partial charge in [0.15, 0.2) is 0 Å². The lowest BCUT2D eigenvalue weighted by atomic mass is 9.95. The molecular formula is C14H13Br2NO. The molecule has 0 saturated heterocycles. The van der Waals surface area contributed by atoms with Crippen LogP contribution in [0.15, 0.2) is 51.5 Å². The van der Waals surface area contributed by atoms with Gasteiger partial charge in [0, 0.05) is 26.8 Å². The van der Waals surface area contributed by atoms with Crippen molar-refractivity contribution in [2.75, 3.05) is 6.61 Å². The summed E-state index contributed by atoms with van der Waals surface area (Å²) in [6.07, 6.45) is 2.52. The lowest BCUT2D eigenvalue weighted by molar-refractivity contribution is 0.264. The summed E-state index contributed by atoms with van der Waals surface area (Å²) in [6.45, 7) is 0.124. The van der Waals surface area contributed by atoms with Gasteiger partial charge in [0.25, 0.3) is 0 Å². The van der Waals surface area contributed by atoms with Crippen LogP contribution in [-0.4, -0.2) is 16.7 Å². The third kappa shape index (κ3) is 3.64. The Labute approximate surface area is 123 Å². The van der Waals surface area contributed by atoms with Gasteiger partial charge in [-0.1, -0.05) is 28.1 Å². The Balaban J connectivity index is 2.14. The molecule has 0 saturated carbocycles. The molecule has 0 amide bonds. The molecule has 1 heterocycles. The molecule has 4 heteroatoms. The van der Waals surface area contributed by atoms with Crippen molar-refractivity contribution in [3.63, 3.8) is 0 Å². The van der Waals surface area contributed by atoms with Crippen molar-refractivity contribution >= 4 is 31.9 Å². The van der Waals surface area contributed by atoms with Crippen LogP contribution >= 0.6 is 31.9 Å². The summed E-state index contributed by atoms with van der Waals surface area (Å²) < 4.78 is 2.01. The van der Waals surface area contributed by atoms with E-state index in [9.17, 15) is 5.11 Å². The number of aliphatic hydroxyl groups excluding tert-OH is 1. The maximum atomic E-state index is 9.52. The summed E-state index contributed by atoms with van der Waals surface area (Å²) >= 11 is 6.78. The average Bonchev–Trinajstić information content (AvgIpc) is 2.39. The zero-order chi connectivity index (χ0) is 13.0. The highest BCUT2D eigenvalue weighted by molar-refractivity contribution is 9.10. The van der Waals surface area contributed by atoms with Gasteiger partial charge in [0.2, 0.25) is 0 Å². The van der Waals surface area contributed by atoms with Crippen molar-refractivity contribution in [1.82, 2.24) is 4.98 Å². The first-order chi connectivity index (χ1) is 8.69. The summed E-state index contributed by atoms with van der Waals surface area (Å²) in [5, 5.41) is 9.52. The number of rotatable bonds is 4. The molecule has 0 aliphatic heterocycles. The molecule has 0 spiro atoms. The molecule has 1 unspecified atom stereocenters. The monoisotopic (exact) mass is 369 g/mol. The summed E-state index contributed by atoms with van der Waals surface area (Å²) in [7, 11) is 0. The van der Waals surface area contributed by atoms with Crippen LogP contribution in [0.1, 0.15) is 17.2 Å². The van der Waals surface area contributed by atoms with Crippen LogP contribution in [-0.2, 0) is 6.42 Å². The zero-order valence-electron chi connectivity index (χ0n) is 9.68. The summed E-state index contributed by atoms with van der Waals surface area (Å²) in [6, 6.07) is 12.0. The van der Waals surface area contributed by atoms with Gasteiger partial charge in [-0.2, -0.15) is 0 Å². The number of aromatic nitrogens is 1. The molecule has 0 aliphatic carbocycles. The Hall–Kier alpha value is -0.710. The minimum absolute atomic E-state index is 0.0896. The van der Waals surface area contributed by atoms with Crippen molar-refractivity contribution < 1.29 is 5.11 Å². The fourth-order valence-corrected chi connectivity index (χ4v) is 2.30. The molecule has 94 valence electrons. The molecule has 1 atom stereocenters. The first-order valence-electron chi connectivity index (χ1n) is 5.66. The zero-order valence-corrected chi connectivity index (χ0v) is 12.9. The van der Waals surface area contributed by atoms with Gasteiger partial charge < -0.3 is 5.11 Å². The number of benzene rings is 1. The van der Waals surface area contributed by atoms with E-state index < -0.39 is 0 Å². The Morgan fingerprint density at radius 1 is 1.00 bits per heavy atom. The summed E-state index contributed by atoms with van der Waals surface area (Å²) in [5.74, 6) is 0.0896. The van der Waals surface area contributed by atoms with Crippen molar-refractivity contribution in [3.05, 3.63) is 62.8 Å². The molecule has 1 aromatic carbocycles. The normalized spacial score (nSPS) is 12.4. The second kappa shape index (κ2) is 6.45. The number of aliphatic hydroxyl groups is 1. The van der Waals surface area contributed by atoms with E-state index in [0.717, 1.165) is 26.6 Å². The standard InChI is InChI=1S/C14H13Br2NO/c15-12-3-1-10(2-4-12)11(9-18)7-14-6-5-13(16)8-17-14/h1-6,8,11,18H,7,9H2. The number of hydrogen-bond acceptors (Lipinski definition) is 2. The maximum absolute atomic E-state index is 9.52. The topological polar surface area (TPSA) is 33.1 Å². The van der Waals surface area contributed by atoms with Crippen molar-refractivity contribution in [1.29, 1.82) is 0 Å². The number of hydrogen-bond donors (Lipinski definition) is 1. The molecule has 2 aromatic rings. The van der Waals surface area contributed by atoms with Crippen molar-refractivity contribution in [2.45, 2.75) is 12.3 Å². The lowest BCUT2D eigenvalue weighted by Crippen LogP contribution is -2.08. The van der Waals surface area contributed by atoms with Crippen LogP contribution in [0.2, 0.25) is 0 Å². The molecule has 2 nitrogen and oxygen atoms in total. The number of nitrogens with zero attached hydrogens (tertiary/aromatic N) is 1. The van der Waals surface area contributed by atoms with Crippen LogP contribution in [0, 0.1) is 0 Å². The highest BCUT2D eigenvalue weighted by Crippen LogP contribution is 2.22. The molecule has 0 aliphatic rings. The van der Waals surface area contributed by atoms with Gasteiger partial charge in [-0.05, 0) is 52.2 Å². The van der Waals surface area contributed by atoms with E-state index in [1.54, 1.807) is 6.20 Å². The second-order valence-electron chi connectivity index (χ2n) is 4.10. The Morgan fingerprint density at radius 3 is 2.22 bits per heavy atom. The molecule has 0 bridgehead atoms. The first kappa shape index (κ1) is 13.7. The van der Waals surface area contributed by atoms with Gasteiger partial charge in [0.05, 0.1) is 6.61 Å². The van der Waals surface area contributed by atoms with Crippen LogP contribution in [0.5, 0.6) is 0 Å². The Bertz CT molecular complexity index is 496. The Morgan fingerprint density at radius 2 is 1.67 bits per heavy atom. The van der Waals surface area contributed by atoms with E-state index >= 15 is 0 Å². The highest BCUT2D eigenvalue weighted by Gasteiger charge is 2.12. The van der Waals surface area contributed by atoms with Crippen LogP contribution < -0.4 is 0 Å². The molecule has 0 fully saturated rings. The van der Waals surface area contributed by atoms with Gasteiger partial charge >= 0.3 is 0 Å². The minimum atomic E-state index is 0.0896. The van der Waals surface area contributed by atoms with E-state index in [2.05, 4.69) is 36.8 Å². The van der Waals surface area contributed by atoms with E-state index in [0.29, 0.717) is 0 Å².